The molecule has 3 rings (SSSR count). The maximum atomic E-state index is 11.2. The lowest BCUT2D eigenvalue weighted by molar-refractivity contribution is -0.116. The monoisotopic (exact) mass is 245 g/mol. The molecule has 2 fully saturated rings. The van der Waals surface area contributed by atoms with E-state index in [9.17, 15) is 4.79 Å². The Morgan fingerprint density at radius 3 is 2.44 bits per heavy atom. The molecule has 2 aliphatic rings. The average molecular weight is 245 g/mol. The van der Waals surface area contributed by atoms with Crippen LogP contribution in [0.2, 0.25) is 0 Å². The van der Waals surface area contributed by atoms with Crippen molar-refractivity contribution in [1.82, 2.24) is 9.97 Å². The minimum atomic E-state index is 0.287. The van der Waals surface area contributed by atoms with Gasteiger partial charge in [-0.25, -0.2) is 9.97 Å². The van der Waals surface area contributed by atoms with Gasteiger partial charge in [0.15, 0.2) is 5.78 Å². The van der Waals surface area contributed by atoms with E-state index in [-0.39, 0.29) is 5.78 Å². The van der Waals surface area contributed by atoms with Crippen molar-refractivity contribution in [2.75, 3.05) is 18.0 Å². The molecule has 2 heterocycles. The largest absolute Gasteiger partial charge is 0.333 e. The number of Topliss-reactive ketones (excluding diaryl/α,β-unsaturated/α-hetero) is 1. The summed E-state index contributed by atoms with van der Waals surface area (Å²) in [5.41, 5.74) is 1.27. The third kappa shape index (κ3) is 2.37. The first-order chi connectivity index (χ1) is 8.83. The molecule has 0 bridgehead atoms. The van der Waals surface area contributed by atoms with Crippen LogP contribution in [-0.4, -0.2) is 28.8 Å². The Labute approximate surface area is 107 Å². The molecule has 1 aromatic heterocycles. The average Bonchev–Trinajstić information content (AvgIpc) is 2.87. The number of hydrogen-bond donors (Lipinski definition) is 0. The van der Waals surface area contributed by atoms with E-state index in [1.54, 1.807) is 0 Å². The van der Waals surface area contributed by atoms with Crippen molar-refractivity contribution in [3.8, 4) is 0 Å². The van der Waals surface area contributed by atoms with Gasteiger partial charge in [-0.15, -0.1) is 0 Å². The highest BCUT2D eigenvalue weighted by atomic mass is 16.1. The van der Waals surface area contributed by atoms with Gasteiger partial charge >= 0.3 is 0 Å². The molecule has 0 aromatic carbocycles. The van der Waals surface area contributed by atoms with Crippen molar-refractivity contribution in [3.05, 3.63) is 18.0 Å². The highest BCUT2D eigenvalue weighted by Gasteiger charge is 2.22. The third-order valence-corrected chi connectivity index (χ3v) is 4.05. The molecule has 0 N–H and O–H groups in total. The Hall–Kier alpha value is -1.45. The summed E-state index contributed by atoms with van der Waals surface area (Å²) in [7, 11) is 0. The fourth-order valence-electron chi connectivity index (χ4n) is 2.94. The predicted octanol–water partition coefficient (Wildman–Crippen LogP) is 2.30. The molecule has 4 heteroatoms. The smallest absolute Gasteiger partial charge is 0.225 e. The molecule has 1 saturated heterocycles. The van der Waals surface area contributed by atoms with Gasteiger partial charge < -0.3 is 4.90 Å². The van der Waals surface area contributed by atoms with Crippen molar-refractivity contribution in [1.29, 1.82) is 0 Å². The second-order valence-electron chi connectivity index (χ2n) is 5.36. The number of ketones is 1. The van der Waals surface area contributed by atoms with Crippen LogP contribution in [0.3, 0.4) is 0 Å². The highest BCUT2D eigenvalue weighted by Crippen LogP contribution is 2.32. The van der Waals surface area contributed by atoms with Gasteiger partial charge in [-0.2, -0.15) is 0 Å². The molecule has 1 aromatic rings. The Morgan fingerprint density at radius 2 is 1.83 bits per heavy atom. The van der Waals surface area contributed by atoms with Gasteiger partial charge in [-0.1, -0.05) is 19.3 Å². The highest BCUT2D eigenvalue weighted by molar-refractivity contribution is 5.86. The molecule has 4 nitrogen and oxygen atoms in total. The third-order valence-electron chi connectivity index (χ3n) is 4.05. The molecule has 96 valence electrons. The van der Waals surface area contributed by atoms with Crippen LogP contribution in [0, 0.1) is 0 Å². The lowest BCUT2D eigenvalue weighted by Crippen LogP contribution is -2.22. The number of anilines is 1. The van der Waals surface area contributed by atoms with Crippen molar-refractivity contribution in [2.24, 2.45) is 0 Å². The number of carbonyl (C=O) groups is 1. The van der Waals surface area contributed by atoms with Gasteiger partial charge in [-0.3, -0.25) is 4.79 Å². The minimum absolute atomic E-state index is 0.287. The standard InChI is InChI=1S/C14H19N3O/c18-13-6-7-17(10-13)14-15-8-12(9-16-14)11-4-2-1-3-5-11/h8-9,11H,1-7,10H2. The Balaban J connectivity index is 1.70. The first-order valence-electron chi connectivity index (χ1n) is 6.91. The van der Waals surface area contributed by atoms with E-state index in [2.05, 4.69) is 9.97 Å². The molecule has 18 heavy (non-hydrogen) atoms. The molecule has 1 aliphatic heterocycles. The summed E-state index contributed by atoms with van der Waals surface area (Å²) in [5, 5.41) is 0. The van der Waals surface area contributed by atoms with E-state index in [1.165, 1.54) is 37.7 Å². The molecule has 0 radical (unpaired) electrons. The van der Waals surface area contributed by atoms with Crippen LogP contribution in [0.1, 0.15) is 50.0 Å². The maximum absolute atomic E-state index is 11.2. The molecule has 1 saturated carbocycles. The van der Waals surface area contributed by atoms with Crippen LogP contribution in [0.5, 0.6) is 0 Å². The van der Waals surface area contributed by atoms with Gasteiger partial charge in [0.05, 0.1) is 6.54 Å². The summed E-state index contributed by atoms with van der Waals surface area (Å²) in [6.07, 6.45) is 11.1. The topological polar surface area (TPSA) is 46.1 Å². The predicted molar refractivity (Wildman–Crippen MR) is 69.7 cm³/mol. The molecular weight excluding hydrogens is 226 g/mol. The zero-order chi connectivity index (χ0) is 12.4. The number of nitrogens with zero attached hydrogens (tertiary/aromatic N) is 3. The van der Waals surface area contributed by atoms with Gasteiger partial charge in [-0.05, 0) is 24.3 Å². The molecular formula is C14H19N3O. The summed E-state index contributed by atoms with van der Waals surface area (Å²) in [5.74, 6) is 1.64. The first-order valence-corrected chi connectivity index (χ1v) is 6.91. The molecule has 0 atom stereocenters. The zero-order valence-corrected chi connectivity index (χ0v) is 10.6. The lowest BCUT2D eigenvalue weighted by Gasteiger charge is -2.22. The first kappa shape index (κ1) is 11.6. The van der Waals surface area contributed by atoms with E-state index in [4.69, 9.17) is 0 Å². The van der Waals surface area contributed by atoms with E-state index < -0.39 is 0 Å². The quantitative estimate of drug-likeness (QED) is 0.802. The van der Waals surface area contributed by atoms with E-state index >= 15 is 0 Å². The van der Waals surface area contributed by atoms with Crippen LogP contribution in [-0.2, 0) is 4.79 Å². The van der Waals surface area contributed by atoms with Crippen molar-refractivity contribution >= 4 is 11.7 Å². The Morgan fingerprint density at radius 1 is 1.11 bits per heavy atom. The van der Waals surface area contributed by atoms with Gasteiger partial charge in [0.2, 0.25) is 5.95 Å². The van der Waals surface area contributed by atoms with Gasteiger partial charge in [0.25, 0.3) is 0 Å². The second-order valence-corrected chi connectivity index (χ2v) is 5.36. The fourth-order valence-corrected chi connectivity index (χ4v) is 2.94. The van der Waals surface area contributed by atoms with Gasteiger partial charge in [0.1, 0.15) is 0 Å². The summed E-state index contributed by atoms with van der Waals surface area (Å²) in [4.78, 5) is 22.1. The molecule has 0 spiro atoms. The van der Waals surface area contributed by atoms with Crippen LogP contribution >= 0.6 is 0 Å². The summed E-state index contributed by atoms with van der Waals surface area (Å²) < 4.78 is 0. The van der Waals surface area contributed by atoms with Crippen molar-refractivity contribution in [3.63, 3.8) is 0 Å². The maximum Gasteiger partial charge on any atom is 0.225 e. The van der Waals surface area contributed by atoms with Crippen molar-refractivity contribution in [2.45, 2.75) is 44.4 Å². The summed E-state index contributed by atoms with van der Waals surface area (Å²) in [6, 6.07) is 0. The molecule has 1 aliphatic carbocycles. The zero-order valence-electron chi connectivity index (χ0n) is 10.6. The fraction of sp³-hybridized carbons (Fsp3) is 0.643. The number of rotatable bonds is 2. The number of carbonyl (C=O) groups excluding carboxylic acids is 1. The molecule has 0 unspecified atom stereocenters. The van der Waals surface area contributed by atoms with Crippen molar-refractivity contribution < 1.29 is 4.79 Å². The van der Waals surface area contributed by atoms with Crippen LogP contribution in [0.4, 0.5) is 5.95 Å². The van der Waals surface area contributed by atoms with Crippen LogP contribution < -0.4 is 4.90 Å². The van der Waals surface area contributed by atoms with Crippen LogP contribution in [0.25, 0.3) is 0 Å². The Kier molecular flexibility index (Phi) is 3.26. The van der Waals surface area contributed by atoms with E-state index in [0.29, 0.717) is 24.8 Å². The normalized spacial score (nSPS) is 21.6. The second kappa shape index (κ2) is 5.04. The number of hydrogen-bond acceptors (Lipinski definition) is 4. The van der Waals surface area contributed by atoms with E-state index in [1.807, 2.05) is 17.3 Å². The summed E-state index contributed by atoms with van der Waals surface area (Å²) >= 11 is 0. The van der Waals surface area contributed by atoms with E-state index in [0.717, 1.165) is 6.54 Å². The van der Waals surface area contributed by atoms with Crippen LogP contribution in [0.15, 0.2) is 12.4 Å². The minimum Gasteiger partial charge on any atom is -0.333 e. The lowest BCUT2D eigenvalue weighted by atomic mass is 9.85. The Bertz CT molecular complexity index is 423. The number of aromatic nitrogens is 2. The SMILES string of the molecule is O=C1CCN(c2ncc(C3CCCCC3)cn2)C1. The van der Waals surface area contributed by atoms with Gasteiger partial charge in [0, 0.05) is 25.4 Å². The molecule has 0 amide bonds. The summed E-state index contributed by atoms with van der Waals surface area (Å²) in [6.45, 7) is 1.24.